The number of carbonyl (C=O) groups is 2. The first kappa shape index (κ1) is 21.4. The summed E-state index contributed by atoms with van der Waals surface area (Å²) >= 11 is 1.50. The molecule has 0 unspecified atom stereocenters. The lowest BCUT2D eigenvalue weighted by Crippen LogP contribution is -2.56. The van der Waals surface area contributed by atoms with E-state index in [0.29, 0.717) is 31.4 Å². The van der Waals surface area contributed by atoms with Crippen LogP contribution < -0.4 is 20.3 Å². The van der Waals surface area contributed by atoms with Gasteiger partial charge < -0.3 is 15.0 Å². The second kappa shape index (κ2) is 8.36. The van der Waals surface area contributed by atoms with E-state index in [4.69, 9.17) is 4.74 Å². The largest absolute Gasteiger partial charge is 0.485 e. The van der Waals surface area contributed by atoms with Crippen molar-refractivity contribution >= 4 is 39.2 Å². The first-order valence-electron chi connectivity index (χ1n) is 9.44. The monoisotopic (exact) mass is 467 g/mol. The van der Waals surface area contributed by atoms with Gasteiger partial charge in [0.05, 0.1) is 28.5 Å². The van der Waals surface area contributed by atoms with Gasteiger partial charge in [0, 0.05) is 32.4 Å². The highest BCUT2D eigenvalue weighted by atomic mass is 32.2. The van der Waals surface area contributed by atoms with E-state index in [1.54, 1.807) is 24.1 Å². The Morgan fingerprint density at radius 1 is 1.16 bits per heavy atom. The zero-order valence-electron chi connectivity index (χ0n) is 16.6. The molecule has 3 amide bonds. The minimum absolute atomic E-state index is 0.223. The van der Waals surface area contributed by atoms with Gasteiger partial charge in [-0.2, -0.15) is 4.31 Å². The van der Waals surface area contributed by atoms with Crippen molar-refractivity contribution in [3.63, 3.8) is 0 Å². The van der Waals surface area contributed by atoms with Crippen molar-refractivity contribution < 1.29 is 22.7 Å². The van der Waals surface area contributed by atoms with Gasteiger partial charge in [0.25, 0.3) is 5.91 Å². The first-order chi connectivity index (χ1) is 14.7. The molecule has 4 heterocycles. The topological polar surface area (TPSA) is 147 Å². The first-order valence-corrected chi connectivity index (χ1v) is 11.9. The highest BCUT2D eigenvalue weighted by molar-refractivity contribution is 7.89. The molecular weight excluding hydrogens is 446 g/mol. The third kappa shape index (κ3) is 4.75. The number of thiazole rings is 1. The second-order valence-electron chi connectivity index (χ2n) is 7.36. The third-order valence-electron chi connectivity index (χ3n) is 4.98. The summed E-state index contributed by atoms with van der Waals surface area (Å²) in [4.78, 5) is 38.8. The smallest absolute Gasteiger partial charge is 0.322 e. The SMILES string of the molecule is C[C@]1(CS(=O)(=O)N2CCN(c3ncc(OCc4cncs4)cn3)CC2)NC(=O)NC1=O. The molecule has 31 heavy (non-hydrogen) atoms. The van der Waals surface area contributed by atoms with Crippen molar-refractivity contribution in [3.8, 4) is 5.75 Å². The zero-order valence-corrected chi connectivity index (χ0v) is 18.3. The number of carbonyl (C=O) groups excluding carboxylic acids is 2. The fourth-order valence-corrected chi connectivity index (χ4v) is 5.66. The van der Waals surface area contributed by atoms with Gasteiger partial charge >= 0.3 is 6.03 Å². The van der Waals surface area contributed by atoms with Gasteiger partial charge in [0.15, 0.2) is 5.75 Å². The van der Waals surface area contributed by atoms with Crippen LogP contribution in [0, 0.1) is 0 Å². The van der Waals surface area contributed by atoms with Crippen molar-refractivity contribution in [3.05, 3.63) is 29.0 Å². The van der Waals surface area contributed by atoms with Crippen molar-refractivity contribution in [2.75, 3.05) is 36.8 Å². The number of sulfonamides is 1. The number of nitrogens with one attached hydrogen (secondary N) is 2. The normalized spacial score (nSPS) is 22.3. The van der Waals surface area contributed by atoms with Crippen LogP contribution in [0.25, 0.3) is 0 Å². The van der Waals surface area contributed by atoms with Crippen molar-refractivity contribution in [2.45, 2.75) is 19.1 Å². The molecule has 0 bridgehead atoms. The van der Waals surface area contributed by atoms with Gasteiger partial charge in [-0.1, -0.05) is 0 Å². The van der Waals surface area contributed by atoms with Crippen molar-refractivity contribution in [1.82, 2.24) is 29.9 Å². The molecule has 0 aromatic carbocycles. The number of nitrogens with zero attached hydrogens (tertiary/aromatic N) is 5. The molecule has 166 valence electrons. The maximum absolute atomic E-state index is 12.8. The van der Waals surface area contributed by atoms with Crippen LogP contribution in [0.3, 0.4) is 0 Å². The summed E-state index contributed by atoms with van der Waals surface area (Å²) in [5.41, 5.74) is 0.252. The van der Waals surface area contributed by atoms with E-state index in [2.05, 4.69) is 25.6 Å². The highest BCUT2D eigenvalue weighted by Gasteiger charge is 2.46. The van der Waals surface area contributed by atoms with Crippen LogP contribution in [0.2, 0.25) is 0 Å². The molecule has 1 atom stereocenters. The lowest BCUT2D eigenvalue weighted by atomic mass is 10.1. The number of ether oxygens (including phenoxy) is 1. The maximum atomic E-state index is 12.8. The number of urea groups is 1. The Hall–Kier alpha value is -2.84. The molecular formula is C17H21N7O5S2. The molecule has 14 heteroatoms. The predicted molar refractivity (Wildman–Crippen MR) is 111 cm³/mol. The van der Waals surface area contributed by atoms with Gasteiger partial charge in [-0.3, -0.25) is 15.1 Å². The summed E-state index contributed by atoms with van der Waals surface area (Å²) in [6, 6.07) is -0.691. The molecule has 0 spiro atoms. The Labute approximate surface area is 182 Å². The molecule has 4 rings (SSSR count). The number of amides is 3. The maximum Gasteiger partial charge on any atom is 0.322 e. The van der Waals surface area contributed by atoms with E-state index in [1.165, 1.54) is 22.6 Å². The van der Waals surface area contributed by atoms with Crippen LogP contribution in [-0.4, -0.2) is 77.1 Å². The van der Waals surface area contributed by atoms with Crippen molar-refractivity contribution in [1.29, 1.82) is 0 Å². The Balaban J connectivity index is 1.32. The van der Waals surface area contributed by atoms with Crippen LogP contribution in [0.15, 0.2) is 24.1 Å². The fraction of sp³-hybridized carbons (Fsp3) is 0.471. The summed E-state index contributed by atoms with van der Waals surface area (Å²) in [6.07, 6.45) is 4.89. The number of hydrogen-bond acceptors (Lipinski definition) is 10. The molecule has 2 aliphatic rings. The number of piperazine rings is 1. The summed E-state index contributed by atoms with van der Waals surface area (Å²) in [7, 11) is -3.76. The average molecular weight is 468 g/mol. The van der Waals surface area contributed by atoms with Crippen LogP contribution in [0.1, 0.15) is 11.8 Å². The Morgan fingerprint density at radius 3 is 2.45 bits per heavy atom. The van der Waals surface area contributed by atoms with E-state index < -0.39 is 33.3 Å². The Morgan fingerprint density at radius 2 is 1.87 bits per heavy atom. The molecule has 0 aliphatic carbocycles. The third-order valence-corrected chi connectivity index (χ3v) is 7.83. The Kier molecular flexibility index (Phi) is 5.77. The Bertz CT molecular complexity index is 1050. The number of hydrogen-bond donors (Lipinski definition) is 2. The number of imide groups is 1. The van der Waals surface area contributed by atoms with Gasteiger partial charge in [-0.15, -0.1) is 11.3 Å². The summed E-state index contributed by atoms with van der Waals surface area (Å²) in [5, 5.41) is 4.46. The average Bonchev–Trinajstić information content (AvgIpc) is 3.34. The molecule has 0 radical (unpaired) electrons. The standard InChI is InChI=1S/C17H21N7O5S2/c1-17(14(25)21-16(26)22-17)10-31(27,28)24-4-2-23(3-5-24)15-19-6-12(7-20-15)29-9-13-8-18-11-30-13/h6-8,11H,2-5,9-10H2,1H3,(H2,21,22,25,26)/t17-/m1/s1. The van der Waals surface area contributed by atoms with Crippen LogP contribution in [0.5, 0.6) is 5.75 Å². The lowest BCUT2D eigenvalue weighted by molar-refractivity contribution is -0.122. The van der Waals surface area contributed by atoms with Crippen LogP contribution in [-0.2, 0) is 21.4 Å². The van der Waals surface area contributed by atoms with Gasteiger partial charge in [-0.05, 0) is 6.92 Å². The molecule has 2 N–H and O–H groups in total. The molecule has 2 aromatic heterocycles. The van der Waals surface area contributed by atoms with Crippen LogP contribution >= 0.6 is 11.3 Å². The molecule has 0 saturated carbocycles. The number of aromatic nitrogens is 3. The summed E-state index contributed by atoms with van der Waals surface area (Å²) < 4.78 is 32.5. The van der Waals surface area contributed by atoms with Crippen LogP contribution in [0.4, 0.5) is 10.7 Å². The fourth-order valence-electron chi connectivity index (χ4n) is 3.32. The van der Waals surface area contributed by atoms with E-state index >= 15 is 0 Å². The predicted octanol–water partition coefficient (Wildman–Crippen LogP) is -0.438. The second-order valence-corrected chi connectivity index (χ2v) is 10.3. The van der Waals surface area contributed by atoms with E-state index in [9.17, 15) is 18.0 Å². The highest BCUT2D eigenvalue weighted by Crippen LogP contribution is 2.20. The minimum atomic E-state index is -3.76. The number of anilines is 1. The van der Waals surface area contributed by atoms with Gasteiger partial charge in [-0.25, -0.2) is 23.2 Å². The van der Waals surface area contributed by atoms with E-state index in [1.807, 2.05) is 4.90 Å². The molecule has 2 saturated heterocycles. The van der Waals surface area contributed by atoms with E-state index in [0.717, 1.165) is 4.88 Å². The quantitative estimate of drug-likeness (QED) is 0.517. The molecule has 2 fully saturated rings. The van der Waals surface area contributed by atoms with Gasteiger partial charge in [0.2, 0.25) is 16.0 Å². The molecule has 2 aromatic rings. The summed E-state index contributed by atoms with van der Waals surface area (Å²) in [6.45, 7) is 3.03. The molecule has 2 aliphatic heterocycles. The van der Waals surface area contributed by atoms with Gasteiger partial charge in [0.1, 0.15) is 12.1 Å². The molecule has 12 nitrogen and oxygen atoms in total. The van der Waals surface area contributed by atoms with Crippen molar-refractivity contribution in [2.24, 2.45) is 0 Å². The lowest BCUT2D eigenvalue weighted by Gasteiger charge is -2.35. The number of rotatable bonds is 7. The minimum Gasteiger partial charge on any atom is -0.485 e. The van der Waals surface area contributed by atoms with E-state index in [-0.39, 0.29) is 13.1 Å². The summed E-state index contributed by atoms with van der Waals surface area (Å²) in [5.74, 6) is -0.134. The zero-order chi connectivity index (χ0) is 22.1.